The highest BCUT2D eigenvalue weighted by Gasteiger charge is 2.23. The highest BCUT2D eigenvalue weighted by Crippen LogP contribution is 2.23. The van der Waals surface area contributed by atoms with Crippen LogP contribution in [0, 0.1) is 5.92 Å². The molecule has 0 N–H and O–H groups in total. The molecule has 1 aromatic heterocycles. The summed E-state index contributed by atoms with van der Waals surface area (Å²) in [6.45, 7) is 1.55. The Bertz CT molecular complexity index is 1390. The Balaban J connectivity index is 1.28. The lowest BCUT2D eigenvalue weighted by Crippen LogP contribution is -2.39. The van der Waals surface area contributed by atoms with Gasteiger partial charge in [0.1, 0.15) is 11.4 Å². The van der Waals surface area contributed by atoms with Gasteiger partial charge in [0.15, 0.2) is 0 Å². The first kappa shape index (κ1) is 23.8. The lowest BCUT2D eigenvalue weighted by molar-refractivity contribution is -0.132. The Morgan fingerprint density at radius 2 is 1.64 bits per heavy atom. The third kappa shape index (κ3) is 5.18. The zero-order valence-corrected chi connectivity index (χ0v) is 20.6. The standard InChI is InChI=1S/C30H31N3O3/c1-36-25-13-11-24(12-14-25)33-28-10-6-5-9-26(28)31-27(30(33)35)15-16-29(34)32-19-17-23(18-20-32)21-22-7-3-2-4-8-22/h2-14,23H,15-21H2,1H3. The topological polar surface area (TPSA) is 64.4 Å². The van der Waals surface area contributed by atoms with E-state index in [0.717, 1.165) is 54.8 Å². The predicted molar refractivity (Wildman–Crippen MR) is 142 cm³/mol. The molecule has 0 bridgehead atoms. The Hall–Kier alpha value is -3.93. The van der Waals surface area contributed by atoms with Crippen LogP contribution in [0.5, 0.6) is 5.75 Å². The molecular weight excluding hydrogens is 450 g/mol. The molecule has 1 fully saturated rings. The maximum Gasteiger partial charge on any atom is 0.277 e. The number of amides is 1. The Kier molecular flexibility index (Phi) is 7.12. The van der Waals surface area contributed by atoms with Crippen molar-refractivity contribution in [1.29, 1.82) is 0 Å². The number of ether oxygens (including phenoxy) is 1. The molecule has 6 heteroatoms. The highest BCUT2D eigenvalue weighted by molar-refractivity contribution is 5.78. The number of carbonyl (C=O) groups is 1. The molecule has 184 valence electrons. The molecule has 3 aromatic carbocycles. The minimum atomic E-state index is -0.187. The quantitative estimate of drug-likeness (QED) is 0.380. The van der Waals surface area contributed by atoms with Crippen LogP contribution in [0.3, 0.4) is 0 Å². The number of aromatic nitrogens is 2. The number of methoxy groups -OCH3 is 1. The van der Waals surface area contributed by atoms with Gasteiger partial charge in [0.25, 0.3) is 5.56 Å². The van der Waals surface area contributed by atoms with E-state index in [1.54, 1.807) is 11.7 Å². The second kappa shape index (κ2) is 10.8. The summed E-state index contributed by atoms with van der Waals surface area (Å²) in [5.41, 5.74) is 3.80. The molecule has 1 saturated heterocycles. The number of carbonyl (C=O) groups excluding carboxylic acids is 1. The summed E-state index contributed by atoms with van der Waals surface area (Å²) >= 11 is 0. The van der Waals surface area contributed by atoms with Crippen LogP contribution in [-0.4, -0.2) is 40.6 Å². The van der Waals surface area contributed by atoms with E-state index in [2.05, 4.69) is 29.2 Å². The van der Waals surface area contributed by atoms with E-state index in [1.807, 2.05) is 59.5 Å². The summed E-state index contributed by atoms with van der Waals surface area (Å²) in [5.74, 6) is 1.43. The van der Waals surface area contributed by atoms with Crippen LogP contribution in [-0.2, 0) is 17.6 Å². The smallest absolute Gasteiger partial charge is 0.277 e. The fourth-order valence-electron chi connectivity index (χ4n) is 5.05. The number of aryl methyl sites for hydroxylation is 1. The van der Waals surface area contributed by atoms with E-state index in [1.165, 1.54) is 5.56 Å². The highest BCUT2D eigenvalue weighted by atomic mass is 16.5. The molecular formula is C30H31N3O3. The van der Waals surface area contributed by atoms with Crippen LogP contribution in [0.15, 0.2) is 83.7 Å². The average molecular weight is 482 g/mol. The average Bonchev–Trinajstić information content (AvgIpc) is 2.93. The van der Waals surface area contributed by atoms with E-state index in [4.69, 9.17) is 4.74 Å². The van der Waals surface area contributed by atoms with Crippen LogP contribution < -0.4 is 10.3 Å². The third-order valence-electron chi connectivity index (χ3n) is 7.07. The van der Waals surface area contributed by atoms with Crippen LogP contribution in [0.4, 0.5) is 0 Å². The van der Waals surface area contributed by atoms with Gasteiger partial charge in [0, 0.05) is 31.6 Å². The monoisotopic (exact) mass is 481 g/mol. The van der Waals surface area contributed by atoms with Gasteiger partial charge in [-0.2, -0.15) is 0 Å². The largest absolute Gasteiger partial charge is 0.497 e. The lowest BCUT2D eigenvalue weighted by atomic mass is 9.90. The van der Waals surface area contributed by atoms with Gasteiger partial charge in [-0.15, -0.1) is 0 Å². The van der Waals surface area contributed by atoms with Gasteiger partial charge in [0.2, 0.25) is 5.91 Å². The van der Waals surface area contributed by atoms with Crippen molar-refractivity contribution >= 4 is 16.9 Å². The Morgan fingerprint density at radius 3 is 2.36 bits per heavy atom. The molecule has 1 aliphatic rings. The fraction of sp³-hybridized carbons (Fsp3) is 0.300. The van der Waals surface area contributed by atoms with Crippen LogP contribution in [0.1, 0.15) is 30.5 Å². The maximum absolute atomic E-state index is 13.5. The number of fused-ring (bicyclic) bond motifs is 1. The molecule has 36 heavy (non-hydrogen) atoms. The first-order chi connectivity index (χ1) is 17.6. The van der Waals surface area contributed by atoms with Gasteiger partial charge >= 0.3 is 0 Å². The molecule has 2 heterocycles. The number of para-hydroxylation sites is 2. The Morgan fingerprint density at radius 1 is 0.944 bits per heavy atom. The number of nitrogens with zero attached hydrogens (tertiary/aromatic N) is 3. The molecule has 0 spiro atoms. The van der Waals surface area contributed by atoms with Crippen molar-refractivity contribution in [2.75, 3.05) is 20.2 Å². The van der Waals surface area contributed by atoms with E-state index < -0.39 is 0 Å². The second-order valence-electron chi connectivity index (χ2n) is 9.40. The number of benzene rings is 3. The van der Waals surface area contributed by atoms with Gasteiger partial charge in [-0.05, 0) is 67.1 Å². The zero-order valence-electron chi connectivity index (χ0n) is 20.6. The summed E-state index contributed by atoms with van der Waals surface area (Å²) in [5, 5.41) is 0. The summed E-state index contributed by atoms with van der Waals surface area (Å²) in [7, 11) is 1.61. The first-order valence-corrected chi connectivity index (χ1v) is 12.6. The van der Waals surface area contributed by atoms with Crippen molar-refractivity contribution in [3.05, 3.63) is 100 Å². The van der Waals surface area contributed by atoms with Crippen molar-refractivity contribution in [3.8, 4) is 11.4 Å². The normalized spacial score (nSPS) is 14.2. The number of hydrogen-bond acceptors (Lipinski definition) is 4. The molecule has 0 atom stereocenters. The molecule has 6 nitrogen and oxygen atoms in total. The molecule has 0 radical (unpaired) electrons. The van der Waals surface area contributed by atoms with Crippen LogP contribution >= 0.6 is 0 Å². The molecule has 1 amide bonds. The minimum absolute atomic E-state index is 0.0958. The molecule has 5 rings (SSSR count). The van der Waals surface area contributed by atoms with Gasteiger partial charge in [0.05, 0.1) is 18.1 Å². The van der Waals surface area contributed by atoms with Crippen LogP contribution in [0.2, 0.25) is 0 Å². The number of piperidine rings is 1. The molecule has 4 aromatic rings. The molecule has 0 unspecified atom stereocenters. The van der Waals surface area contributed by atoms with Gasteiger partial charge < -0.3 is 9.64 Å². The molecule has 0 saturated carbocycles. The Labute approximate surface area is 211 Å². The van der Waals surface area contributed by atoms with Crippen LogP contribution in [0.25, 0.3) is 16.7 Å². The second-order valence-corrected chi connectivity index (χ2v) is 9.40. The van der Waals surface area contributed by atoms with Crippen molar-refractivity contribution in [2.45, 2.75) is 32.1 Å². The summed E-state index contributed by atoms with van der Waals surface area (Å²) in [4.78, 5) is 33.1. The predicted octanol–water partition coefficient (Wildman–Crippen LogP) is 4.81. The molecule has 0 aliphatic carbocycles. The van der Waals surface area contributed by atoms with Crippen molar-refractivity contribution in [1.82, 2.24) is 14.5 Å². The van der Waals surface area contributed by atoms with Crippen molar-refractivity contribution < 1.29 is 9.53 Å². The minimum Gasteiger partial charge on any atom is -0.497 e. The lowest BCUT2D eigenvalue weighted by Gasteiger charge is -2.32. The van der Waals surface area contributed by atoms with Crippen molar-refractivity contribution in [3.63, 3.8) is 0 Å². The number of hydrogen-bond donors (Lipinski definition) is 0. The number of rotatable bonds is 7. The van der Waals surface area contributed by atoms with E-state index in [0.29, 0.717) is 18.0 Å². The summed E-state index contributed by atoms with van der Waals surface area (Å²) in [6, 6.07) is 25.5. The van der Waals surface area contributed by atoms with E-state index in [9.17, 15) is 9.59 Å². The third-order valence-corrected chi connectivity index (χ3v) is 7.07. The van der Waals surface area contributed by atoms with E-state index >= 15 is 0 Å². The maximum atomic E-state index is 13.5. The van der Waals surface area contributed by atoms with Crippen molar-refractivity contribution in [2.24, 2.45) is 5.92 Å². The van der Waals surface area contributed by atoms with Gasteiger partial charge in [-0.3, -0.25) is 14.2 Å². The van der Waals surface area contributed by atoms with Gasteiger partial charge in [-0.25, -0.2) is 4.98 Å². The summed E-state index contributed by atoms with van der Waals surface area (Å²) < 4.78 is 6.94. The fourth-order valence-corrected chi connectivity index (χ4v) is 5.05. The number of likely N-dealkylation sites (tertiary alicyclic amines) is 1. The molecule has 1 aliphatic heterocycles. The van der Waals surface area contributed by atoms with Gasteiger partial charge in [-0.1, -0.05) is 42.5 Å². The summed E-state index contributed by atoms with van der Waals surface area (Å²) in [6.07, 6.45) is 3.70. The van der Waals surface area contributed by atoms with E-state index in [-0.39, 0.29) is 17.9 Å². The first-order valence-electron chi connectivity index (χ1n) is 12.6. The zero-order chi connectivity index (χ0) is 24.9. The SMILES string of the molecule is COc1ccc(-n2c(=O)c(CCC(=O)N3CCC(Cc4ccccc4)CC3)nc3ccccc32)cc1.